The van der Waals surface area contributed by atoms with Gasteiger partial charge in [0.25, 0.3) is 5.91 Å². The van der Waals surface area contributed by atoms with Crippen LogP contribution < -0.4 is 5.73 Å². The molecular formula is C22H33N3O. The van der Waals surface area contributed by atoms with E-state index in [9.17, 15) is 4.79 Å². The molecule has 2 N–H and O–H groups in total. The third kappa shape index (κ3) is 4.36. The second kappa shape index (κ2) is 8.54. The Kier molecular flexibility index (Phi) is 6.65. The van der Waals surface area contributed by atoms with Crippen LogP contribution >= 0.6 is 0 Å². The maximum Gasteiger partial charge on any atom is 0.255 e. The van der Waals surface area contributed by atoms with Gasteiger partial charge in [0.1, 0.15) is 0 Å². The molecule has 2 atom stereocenters. The minimum atomic E-state index is 0.0700. The van der Waals surface area contributed by atoms with Gasteiger partial charge in [0, 0.05) is 31.0 Å². The van der Waals surface area contributed by atoms with Crippen LogP contribution in [0, 0.1) is 19.8 Å². The topological polar surface area (TPSA) is 51.3 Å². The summed E-state index contributed by atoms with van der Waals surface area (Å²) in [4.78, 5) is 14.7. The summed E-state index contributed by atoms with van der Waals surface area (Å²) in [7, 11) is 1.86. The first-order chi connectivity index (χ1) is 12.2. The number of hydrogen-bond donors (Lipinski definition) is 1. The number of rotatable bonds is 7. The second-order valence-electron chi connectivity index (χ2n) is 7.66. The van der Waals surface area contributed by atoms with Gasteiger partial charge in [-0.25, -0.2) is 0 Å². The van der Waals surface area contributed by atoms with E-state index in [0.29, 0.717) is 12.5 Å². The molecule has 1 amide bonds. The van der Waals surface area contributed by atoms with Gasteiger partial charge in [-0.05, 0) is 44.7 Å². The zero-order chi connectivity index (χ0) is 19.4. The second-order valence-corrected chi connectivity index (χ2v) is 7.66. The molecule has 26 heavy (non-hydrogen) atoms. The number of carbonyl (C=O) groups is 1. The average Bonchev–Trinajstić information content (AvgIpc) is 2.92. The van der Waals surface area contributed by atoms with Crippen LogP contribution in [-0.4, -0.2) is 35.0 Å². The molecule has 0 aliphatic rings. The molecule has 4 nitrogen and oxygen atoms in total. The molecule has 0 bridgehead atoms. The van der Waals surface area contributed by atoms with Crippen LogP contribution in [0.3, 0.4) is 0 Å². The van der Waals surface area contributed by atoms with Crippen molar-refractivity contribution in [3.05, 3.63) is 58.9 Å². The predicted molar refractivity (Wildman–Crippen MR) is 109 cm³/mol. The molecule has 0 saturated heterocycles. The van der Waals surface area contributed by atoms with Crippen LogP contribution in [0.2, 0.25) is 0 Å². The minimum absolute atomic E-state index is 0.0700. The number of aryl methyl sites for hydroxylation is 1. The summed E-state index contributed by atoms with van der Waals surface area (Å²) in [5.74, 6) is 0.496. The number of nitrogens with zero attached hydrogens (tertiary/aromatic N) is 2. The van der Waals surface area contributed by atoms with Crippen LogP contribution in [0.5, 0.6) is 0 Å². The van der Waals surface area contributed by atoms with E-state index in [4.69, 9.17) is 5.73 Å². The third-order valence-corrected chi connectivity index (χ3v) is 5.38. The van der Waals surface area contributed by atoms with Crippen molar-refractivity contribution in [2.75, 3.05) is 13.6 Å². The lowest BCUT2D eigenvalue weighted by atomic mass is 10.0. The lowest BCUT2D eigenvalue weighted by molar-refractivity contribution is 0.0788. The molecule has 142 valence electrons. The maximum absolute atomic E-state index is 12.9. The van der Waals surface area contributed by atoms with Gasteiger partial charge in [0.15, 0.2) is 0 Å². The van der Waals surface area contributed by atoms with Crippen LogP contribution in [0.4, 0.5) is 0 Å². The fraction of sp³-hybridized carbons (Fsp3) is 0.500. The quantitative estimate of drug-likeness (QED) is 0.811. The van der Waals surface area contributed by atoms with E-state index < -0.39 is 0 Å². The Bertz CT molecular complexity index is 733. The molecule has 4 heteroatoms. The number of benzene rings is 1. The van der Waals surface area contributed by atoms with Gasteiger partial charge in [-0.15, -0.1) is 0 Å². The first kappa shape index (κ1) is 20.2. The first-order valence-corrected chi connectivity index (χ1v) is 9.48. The van der Waals surface area contributed by atoms with Crippen molar-refractivity contribution in [1.82, 2.24) is 9.47 Å². The van der Waals surface area contributed by atoms with Gasteiger partial charge in [0.05, 0.1) is 11.6 Å². The number of nitrogens with two attached hydrogens (primary N) is 1. The molecule has 0 spiro atoms. The number of hydrogen-bond acceptors (Lipinski definition) is 2. The molecule has 0 radical (unpaired) electrons. The van der Waals surface area contributed by atoms with Gasteiger partial charge >= 0.3 is 0 Å². The first-order valence-electron chi connectivity index (χ1n) is 9.48. The Morgan fingerprint density at radius 2 is 1.77 bits per heavy atom. The highest BCUT2D eigenvalue weighted by Crippen LogP contribution is 2.26. The lowest BCUT2D eigenvalue weighted by Crippen LogP contribution is -2.34. The monoisotopic (exact) mass is 355 g/mol. The summed E-state index contributed by atoms with van der Waals surface area (Å²) in [5, 5.41) is 0. The van der Waals surface area contributed by atoms with Crippen LogP contribution in [-0.2, 0) is 0 Å². The third-order valence-electron chi connectivity index (χ3n) is 5.38. The smallest absolute Gasteiger partial charge is 0.255 e. The largest absolute Gasteiger partial charge is 0.342 e. The van der Waals surface area contributed by atoms with E-state index in [-0.39, 0.29) is 18.0 Å². The fourth-order valence-corrected chi connectivity index (χ4v) is 3.45. The molecule has 2 rings (SSSR count). The standard InChI is InChI=1S/C22H33N3O/c1-15(2)21(23)12-13-24(6)22(26)20-14-16(3)25(18(20)5)17(4)19-10-8-7-9-11-19/h7-11,14-15,17,21H,12-13,23H2,1-6H3. The zero-order valence-corrected chi connectivity index (χ0v) is 17.0. The van der Waals surface area contributed by atoms with E-state index in [1.54, 1.807) is 4.90 Å². The summed E-state index contributed by atoms with van der Waals surface area (Å²) in [5.41, 5.74) is 10.3. The highest BCUT2D eigenvalue weighted by molar-refractivity contribution is 5.95. The number of carbonyl (C=O) groups excluding carboxylic acids is 1. The van der Waals surface area contributed by atoms with Gasteiger partial charge < -0.3 is 15.2 Å². The molecule has 0 aliphatic heterocycles. The lowest BCUT2D eigenvalue weighted by Gasteiger charge is -2.22. The fourth-order valence-electron chi connectivity index (χ4n) is 3.45. The summed E-state index contributed by atoms with van der Waals surface area (Å²) < 4.78 is 2.25. The minimum Gasteiger partial charge on any atom is -0.342 e. The SMILES string of the molecule is Cc1cc(C(=O)N(C)CCC(N)C(C)C)c(C)n1C(C)c1ccccc1. The van der Waals surface area contributed by atoms with E-state index in [1.165, 1.54) is 5.56 Å². The molecule has 2 aromatic rings. The number of amides is 1. The van der Waals surface area contributed by atoms with Gasteiger partial charge in [-0.2, -0.15) is 0 Å². The molecule has 1 aromatic heterocycles. The van der Waals surface area contributed by atoms with Crippen LogP contribution in [0.1, 0.15) is 60.5 Å². The summed E-state index contributed by atoms with van der Waals surface area (Å²) in [6.45, 7) is 11.2. The van der Waals surface area contributed by atoms with Crippen LogP contribution in [0.15, 0.2) is 36.4 Å². The molecule has 0 fully saturated rings. The van der Waals surface area contributed by atoms with Crippen LogP contribution in [0.25, 0.3) is 0 Å². The highest BCUT2D eigenvalue weighted by Gasteiger charge is 2.22. The molecular weight excluding hydrogens is 322 g/mol. The Hall–Kier alpha value is -2.07. The maximum atomic E-state index is 12.9. The molecule has 1 aromatic carbocycles. The van der Waals surface area contributed by atoms with Gasteiger partial charge in [0.2, 0.25) is 0 Å². The van der Waals surface area contributed by atoms with Crippen molar-refractivity contribution in [2.24, 2.45) is 11.7 Å². The Morgan fingerprint density at radius 3 is 2.35 bits per heavy atom. The Morgan fingerprint density at radius 1 is 1.15 bits per heavy atom. The van der Waals surface area contributed by atoms with Crippen molar-refractivity contribution >= 4 is 5.91 Å². The summed E-state index contributed by atoms with van der Waals surface area (Å²) in [6.07, 6.45) is 0.819. The molecule has 0 saturated carbocycles. The van der Waals surface area contributed by atoms with Gasteiger partial charge in [-0.1, -0.05) is 44.2 Å². The van der Waals surface area contributed by atoms with Crippen molar-refractivity contribution in [1.29, 1.82) is 0 Å². The van der Waals surface area contributed by atoms with E-state index in [0.717, 1.165) is 23.4 Å². The molecule has 0 aliphatic carbocycles. The Labute approximate surface area is 158 Å². The van der Waals surface area contributed by atoms with Crippen molar-refractivity contribution in [3.63, 3.8) is 0 Å². The summed E-state index contributed by atoms with van der Waals surface area (Å²) in [6, 6.07) is 12.7. The molecule has 1 heterocycles. The van der Waals surface area contributed by atoms with Gasteiger partial charge in [-0.3, -0.25) is 4.79 Å². The average molecular weight is 356 g/mol. The van der Waals surface area contributed by atoms with Crippen molar-refractivity contribution < 1.29 is 4.79 Å². The summed E-state index contributed by atoms with van der Waals surface area (Å²) >= 11 is 0. The van der Waals surface area contributed by atoms with E-state index >= 15 is 0 Å². The van der Waals surface area contributed by atoms with Crippen molar-refractivity contribution in [2.45, 2.75) is 53.1 Å². The Balaban J connectivity index is 2.19. The normalized spacial score (nSPS) is 13.7. The highest BCUT2D eigenvalue weighted by atomic mass is 16.2. The number of aromatic nitrogens is 1. The molecule has 2 unspecified atom stereocenters. The predicted octanol–water partition coefficient (Wildman–Crippen LogP) is 4.16. The van der Waals surface area contributed by atoms with E-state index in [1.807, 2.05) is 26.1 Å². The van der Waals surface area contributed by atoms with E-state index in [2.05, 4.69) is 56.5 Å². The van der Waals surface area contributed by atoms with Crippen molar-refractivity contribution in [3.8, 4) is 0 Å². The zero-order valence-electron chi connectivity index (χ0n) is 17.0.